The van der Waals surface area contributed by atoms with Crippen molar-refractivity contribution in [2.24, 2.45) is 0 Å². The van der Waals surface area contributed by atoms with Crippen LogP contribution in [0, 0.1) is 0 Å². The van der Waals surface area contributed by atoms with Crippen molar-refractivity contribution in [3.63, 3.8) is 0 Å². The van der Waals surface area contributed by atoms with Gasteiger partial charge in [0.15, 0.2) is 5.13 Å². The summed E-state index contributed by atoms with van der Waals surface area (Å²) >= 11 is 1.37. The molecule has 1 aliphatic heterocycles. The highest BCUT2D eigenvalue weighted by Gasteiger charge is 2.17. The molecule has 0 saturated carbocycles. The second kappa shape index (κ2) is 7.41. The molecule has 2 aromatic rings. The van der Waals surface area contributed by atoms with E-state index in [0.717, 1.165) is 18.2 Å². The number of nitrogens with one attached hydrogen (secondary N) is 2. The molecule has 0 aliphatic carbocycles. The summed E-state index contributed by atoms with van der Waals surface area (Å²) in [5, 5.41) is 6.35. The summed E-state index contributed by atoms with van der Waals surface area (Å²) in [6.07, 6.45) is 1.59. The molecular formula is C16H18N4O3S. The second-order valence-corrected chi connectivity index (χ2v) is 6.33. The van der Waals surface area contributed by atoms with Gasteiger partial charge in [0.2, 0.25) is 5.91 Å². The number of benzene rings is 1. The highest BCUT2D eigenvalue weighted by molar-refractivity contribution is 7.17. The molecule has 1 aliphatic rings. The van der Waals surface area contributed by atoms with Crippen LogP contribution in [-0.2, 0) is 9.53 Å². The number of carbonyl (C=O) groups excluding carboxylic acids is 2. The zero-order valence-electron chi connectivity index (χ0n) is 13.2. The first kappa shape index (κ1) is 16.4. The zero-order valence-corrected chi connectivity index (χ0v) is 14.1. The Bertz CT molecular complexity index is 723. The first-order valence-corrected chi connectivity index (χ1v) is 8.41. The van der Waals surface area contributed by atoms with Gasteiger partial charge in [0.1, 0.15) is 4.88 Å². The number of amides is 2. The first-order valence-electron chi connectivity index (χ1n) is 7.59. The van der Waals surface area contributed by atoms with Crippen molar-refractivity contribution in [1.29, 1.82) is 0 Å². The molecule has 0 spiro atoms. The smallest absolute Gasteiger partial charge is 0.267 e. The lowest BCUT2D eigenvalue weighted by Gasteiger charge is -2.25. The van der Waals surface area contributed by atoms with Crippen molar-refractivity contribution < 1.29 is 14.3 Å². The van der Waals surface area contributed by atoms with E-state index in [9.17, 15) is 9.59 Å². The van der Waals surface area contributed by atoms with Gasteiger partial charge in [-0.05, 0) is 24.3 Å². The monoisotopic (exact) mass is 346 g/mol. The fourth-order valence-electron chi connectivity index (χ4n) is 2.30. The fourth-order valence-corrected chi connectivity index (χ4v) is 3.17. The summed E-state index contributed by atoms with van der Waals surface area (Å²) in [6.45, 7) is 4.40. The van der Waals surface area contributed by atoms with Gasteiger partial charge in [-0.2, -0.15) is 0 Å². The van der Waals surface area contributed by atoms with Gasteiger partial charge in [-0.1, -0.05) is 11.3 Å². The van der Waals surface area contributed by atoms with Gasteiger partial charge in [-0.15, -0.1) is 0 Å². The number of hydrogen-bond acceptors (Lipinski definition) is 6. The van der Waals surface area contributed by atoms with Crippen molar-refractivity contribution in [2.75, 3.05) is 41.8 Å². The maximum absolute atomic E-state index is 12.3. The summed E-state index contributed by atoms with van der Waals surface area (Å²) in [6, 6.07) is 6.96. The minimum Gasteiger partial charge on any atom is -0.378 e. The standard InChI is InChI=1S/C16H18N4O3S/c1-11(21)18-12-2-4-13(5-3-12)19-15(22)14-10-17-16(24-14)20-6-8-23-9-7-20/h2-5,10H,6-9H2,1H3,(H,18,21)(H,19,22). The average Bonchev–Trinajstić information content (AvgIpc) is 3.07. The molecule has 3 rings (SSSR count). The van der Waals surface area contributed by atoms with Crippen LogP contribution in [0.25, 0.3) is 0 Å². The number of ether oxygens (including phenoxy) is 1. The third kappa shape index (κ3) is 4.09. The molecule has 1 fully saturated rings. The Morgan fingerprint density at radius 3 is 2.38 bits per heavy atom. The summed E-state index contributed by atoms with van der Waals surface area (Å²) in [5.41, 5.74) is 1.35. The minimum absolute atomic E-state index is 0.132. The van der Waals surface area contributed by atoms with Crippen LogP contribution in [0.4, 0.5) is 16.5 Å². The predicted molar refractivity (Wildman–Crippen MR) is 93.8 cm³/mol. The number of thiazole rings is 1. The van der Waals surface area contributed by atoms with E-state index in [-0.39, 0.29) is 11.8 Å². The molecule has 126 valence electrons. The summed E-state index contributed by atoms with van der Waals surface area (Å²) in [4.78, 5) is 30.3. The van der Waals surface area contributed by atoms with E-state index in [1.807, 2.05) is 0 Å². The number of carbonyl (C=O) groups is 2. The lowest BCUT2D eigenvalue weighted by atomic mass is 10.2. The van der Waals surface area contributed by atoms with Gasteiger partial charge >= 0.3 is 0 Å². The topological polar surface area (TPSA) is 83.6 Å². The molecular weight excluding hydrogens is 328 g/mol. The van der Waals surface area contributed by atoms with E-state index in [1.165, 1.54) is 18.3 Å². The Hall–Kier alpha value is -2.45. The van der Waals surface area contributed by atoms with Crippen LogP contribution >= 0.6 is 11.3 Å². The van der Waals surface area contributed by atoms with Crippen molar-refractivity contribution in [3.8, 4) is 0 Å². The molecule has 8 heteroatoms. The molecule has 0 bridgehead atoms. The van der Waals surface area contributed by atoms with Crippen molar-refractivity contribution in [2.45, 2.75) is 6.92 Å². The fraction of sp³-hybridized carbons (Fsp3) is 0.312. The molecule has 2 heterocycles. The van der Waals surface area contributed by atoms with Crippen molar-refractivity contribution in [1.82, 2.24) is 4.98 Å². The summed E-state index contributed by atoms with van der Waals surface area (Å²) in [5.74, 6) is -0.327. The lowest BCUT2D eigenvalue weighted by molar-refractivity contribution is -0.114. The number of hydrogen-bond donors (Lipinski definition) is 2. The van der Waals surface area contributed by atoms with Gasteiger partial charge in [-0.3, -0.25) is 9.59 Å². The lowest BCUT2D eigenvalue weighted by Crippen LogP contribution is -2.36. The van der Waals surface area contributed by atoms with E-state index in [4.69, 9.17) is 4.74 Å². The number of morpholine rings is 1. The quantitative estimate of drug-likeness (QED) is 0.887. The van der Waals surface area contributed by atoms with Gasteiger partial charge in [-0.25, -0.2) is 4.98 Å². The SMILES string of the molecule is CC(=O)Nc1ccc(NC(=O)c2cnc(N3CCOCC3)s2)cc1. The molecule has 2 N–H and O–H groups in total. The first-order chi connectivity index (χ1) is 11.6. The normalized spacial score (nSPS) is 14.3. The van der Waals surface area contributed by atoms with Crippen LogP contribution in [-0.4, -0.2) is 43.1 Å². The van der Waals surface area contributed by atoms with Crippen LogP contribution in [0.3, 0.4) is 0 Å². The molecule has 7 nitrogen and oxygen atoms in total. The van der Waals surface area contributed by atoms with Crippen molar-refractivity contribution >= 4 is 39.7 Å². The molecule has 1 saturated heterocycles. The number of nitrogens with zero attached hydrogens (tertiary/aromatic N) is 2. The van der Waals surface area contributed by atoms with Crippen LogP contribution in [0.5, 0.6) is 0 Å². The predicted octanol–water partition coefficient (Wildman–Crippen LogP) is 2.19. The van der Waals surface area contributed by atoms with Crippen LogP contribution in [0.15, 0.2) is 30.5 Å². The van der Waals surface area contributed by atoms with Crippen LogP contribution in [0.1, 0.15) is 16.6 Å². The van der Waals surface area contributed by atoms with Crippen LogP contribution < -0.4 is 15.5 Å². The van der Waals surface area contributed by atoms with E-state index in [2.05, 4.69) is 20.5 Å². The Morgan fingerprint density at radius 2 is 1.75 bits per heavy atom. The van der Waals surface area contributed by atoms with E-state index in [1.54, 1.807) is 30.5 Å². The molecule has 0 radical (unpaired) electrons. The number of aromatic nitrogens is 1. The molecule has 0 atom stereocenters. The Kier molecular flexibility index (Phi) is 5.07. The molecule has 2 amide bonds. The van der Waals surface area contributed by atoms with Gasteiger partial charge < -0.3 is 20.3 Å². The maximum Gasteiger partial charge on any atom is 0.267 e. The third-order valence-electron chi connectivity index (χ3n) is 3.46. The van der Waals surface area contributed by atoms with Crippen LogP contribution in [0.2, 0.25) is 0 Å². The minimum atomic E-state index is -0.195. The average molecular weight is 346 g/mol. The highest BCUT2D eigenvalue weighted by Crippen LogP contribution is 2.24. The van der Waals surface area contributed by atoms with E-state index >= 15 is 0 Å². The highest BCUT2D eigenvalue weighted by atomic mass is 32.1. The van der Waals surface area contributed by atoms with E-state index in [0.29, 0.717) is 29.5 Å². The maximum atomic E-state index is 12.3. The molecule has 1 aromatic heterocycles. The molecule has 0 unspecified atom stereocenters. The summed E-state index contributed by atoms with van der Waals surface area (Å²) in [7, 11) is 0. The third-order valence-corrected chi connectivity index (χ3v) is 4.52. The second-order valence-electron chi connectivity index (χ2n) is 5.32. The molecule has 1 aromatic carbocycles. The Morgan fingerprint density at radius 1 is 1.12 bits per heavy atom. The number of rotatable bonds is 4. The van der Waals surface area contributed by atoms with Crippen molar-refractivity contribution in [3.05, 3.63) is 35.3 Å². The molecule has 24 heavy (non-hydrogen) atoms. The van der Waals surface area contributed by atoms with Gasteiger partial charge in [0, 0.05) is 31.4 Å². The van der Waals surface area contributed by atoms with Gasteiger partial charge in [0.25, 0.3) is 5.91 Å². The number of anilines is 3. The zero-order chi connectivity index (χ0) is 16.9. The Labute approximate surface area is 143 Å². The largest absolute Gasteiger partial charge is 0.378 e. The van der Waals surface area contributed by atoms with E-state index < -0.39 is 0 Å². The Balaban J connectivity index is 1.62. The summed E-state index contributed by atoms with van der Waals surface area (Å²) < 4.78 is 5.32. The van der Waals surface area contributed by atoms with Gasteiger partial charge in [0.05, 0.1) is 19.4 Å².